The number of amides is 2. The van der Waals surface area contributed by atoms with Gasteiger partial charge in [0.15, 0.2) is 0 Å². The first kappa shape index (κ1) is 14.5. The maximum Gasteiger partial charge on any atom is 0.227 e. The van der Waals surface area contributed by atoms with Gasteiger partial charge in [-0.05, 0) is 62.7 Å². The molecule has 4 heteroatoms. The lowest BCUT2D eigenvalue weighted by Gasteiger charge is -2.33. The average Bonchev–Trinajstić information content (AvgIpc) is 3.24. The summed E-state index contributed by atoms with van der Waals surface area (Å²) in [5, 5.41) is 2.86. The Hall–Kier alpha value is -1.06. The fourth-order valence-electron chi connectivity index (χ4n) is 5.56. The van der Waals surface area contributed by atoms with Crippen LogP contribution in [0.1, 0.15) is 57.8 Å². The number of carbonyl (C=O) groups excluding carboxylic acids is 2. The smallest absolute Gasteiger partial charge is 0.227 e. The summed E-state index contributed by atoms with van der Waals surface area (Å²) in [6.45, 7) is 1.49. The molecule has 2 heterocycles. The van der Waals surface area contributed by atoms with E-state index in [1.165, 1.54) is 38.5 Å². The van der Waals surface area contributed by atoms with Crippen molar-refractivity contribution in [1.82, 2.24) is 10.2 Å². The minimum atomic E-state index is 0.0262. The summed E-state index contributed by atoms with van der Waals surface area (Å²) in [6, 6.07) is 0.481. The number of fused-ring (bicyclic) bond motifs is 2. The zero-order valence-electron chi connectivity index (χ0n) is 13.4. The van der Waals surface area contributed by atoms with Gasteiger partial charge in [-0.25, -0.2) is 0 Å². The molecule has 2 bridgehead atoms. The van der Waals surface area contributed by atoms with E-state index < -0.39 is 0 Å². The third-order valence-electron chi connectivity index (χ3n) is 6.73. The van der Waals surface area contributed by atoms with E-state index in [-0.39, 0.29) is 11.8 Å². The fraction of sp³-hybridized carbons (Fsp3) is 0.889. The van der Waals surface area contributed by atoms with Crippen LogP contribution in [-0.4, -0.2) is 35.8 Å². The number of nitrogens with one attached hydrogen (secondary N) is 1. The normalized spacial score (nSPS) is 41.0. The summed E-state index contributed by atoms with van der Waals surface area (Å²) in [7, 11) is 0. The van der Waals surface area contributed by atoms with Gasteiger partial charge in [0, 0.05) is 25.6 Å². The Morgan fingerprint density at radius 1 is 1.18 bits per heavy atom. The van der Waals surface area contributed by atoms with E-state index in [2.05, 4.69) is 10.2 Å². The van der Waals surface area contributed by atoms with E-state index in [0.29, 0.717) is 24.9 Å². The van der Waals surface area contributed by atoms with Crippen LogP contribution in [0.3, 0.4) is 0 Å². The lowest BCUT2D eigenvalue weighted by molar-refractivity contribution is -0.138. The molecule has 0 aromatic carbocycles. The van der Waals surface area contributed by atoms with Gasteiger partial charge in [0.2, 0.25) is 11.8 Å². The highest BCUT2D eigenvalue weighted by molar-refractivity contribution is 5.84. The van der Waals surface area contributed by atoms with Crippen LogP contribution in [0.2, 0.25) is 0 Å². The topological polar surface area (TPSA) is 49.4 Å². The highest BCUT2D eigenvalue weighted by Crippen LogP contribution is 2.50. The summed E-state index contributed by atoms with van der Waals surface area (Å²) >= 11 is 0. The van der Waals surface area contributed by atoms with Gasteiger partial charge < -0.3 is 10.2 Å². The van der Waals surface area contributed by atoms with E-state index in [4.69, 9.17) is 0 Å². The van der Waals surface area contributed by atoms with Crippen molar-refractivity contribution in [1.29, 1.82) is 0 Å². The molecule has 2 saturated heterocycles. The van der Waals surface area contributed by atoms with Crippen LogP contribution in [0.15, 0.2) is 0 Å². The molecule has 0 spiro atoms. The summed E-state index contributed by atoms with van der Waals surface area (Å²) in [6.07, 6.45) is 10.6. The first-order valence-electron chi connectivity index (χ1n) is 9.28. The third-order valence-corrected chi connectivity index (χ3v) is 6.73. The first-order valence-corrected chi connectivity index (χ1v) is 9.28. The van der Waals surface area contributed by atoms with Crippen LogP contribution in [0, 0.1) is 23.7 Å². The van der Waals surface area contributed by atoms with Crippen LogP contribution in [0.4, 0.5) is 0 Å². The zero-order chi connectivity index (χ0) is 15.1. The van der Waals surface area contributed by atoms with Crippen molar-refractivity contribution in [3.63, 3.8) is 0 Å². The van der Waals surface area contributed by atoms with Crippen molar-refractivity contribution >= 4 is 11.8 Å². The molecule has 122 valence electrons. The second-order valence-corrected chi connectivity index (χ2v) is 8.04. The van der Waals surface area contributed by atoms with Crippen molar-refractivity contribution in [2.75, 3.05) is 13.1 Å². The Bertz CT molecular complexity index is 454. The molecule has 2 aliphatic carbocycles. The average molecular weight is 304 g/mol. The van der Waals surface area contributed by atoms with Crippen LogP contribution < -0.4 is 5.32 Å². The highest BCUT2D eigenvalue weighted by Gasteiger charge is 2.42. The largest absolute Gasteiger partial charge is 0.355 e. The Kier molecular flexibility index (Phi) is 3.87. The molecule has 22 heavy (non-hydrogen) atoms. The number of nitrogens with zero attached hydrogens (tertiary/aromatic N) is 1. The maximum atomic E-state index is 12.8. The van der Waals surface area contributed by atoms with E-state index >= 15 is 0 Å². The number of rotatable bonds is 3. The van der Waals surface area contributed by atoms with Gasteiger partial charge in [-0.1, -0.05) is 6.42 Å². The summed E-state index contributed by atoms with van der Waals surface area (Å²) < 4.78 is 0. The van der Waals surface area contributed by atoms with Crippen molar-refractivity contribution in [3.05, 3.63) is 0 Å². The van der Waals surface area contributed by atoms with Gasteiger partial charge in [0.05, 0.1) is 5.92 Å². The van der Waals surface area contributed by atoms with Crippen molar-refractivity contribution in [3.8, 4) is 0 Å². The van der Waals surface area contributed by atoms with Crippen molar-refractivity contribution in [2.24, 2.45) is 23.7 Å². The molecule has 1 N–H and O–H groups in total. The fourth-order valence-corrected chi connectivity index (χ4v) is 5.56. The quantitative estimate of drug-likeness (QED) is 0.870. The predicted octanol–water partition coefficient (Wildman–Crippen LogP) is 2.33. The number of carbonyl (C=O) groups is 2. The molecule has 0 aromatic rings. The number of piperidine rings is 1. The van der Waals surface area contributed by atoms with Gasteiger partial charge in [0.1, 0.15) is 0 Å². The van der Waals surface area contributed by atoms with Crippen molar-refractivity contribution in [2.45, 2.75) is 63.8 Å². The second-order valence-electron chi connectivity index (χ2n) is 8.04. The zero-order valence-corrected chi connectivity index (χ0v) is 13.4. The summed E-state index contributed by atoms with van der Waals surface area (Å²) in [5.41, 5.74) is 0. The molecular weight excluding hydrogens is 276 g/mol. The second kappa shape index (κ2) is 5.86. The van der Waals surface area contributed by atoms with Gasteiger partial charge >= 0.3 is 0 Å². The lowest BCUT2D eigenvalue weighted by atomic mass is 9.83. The molecular formula is C18H28N2O2. The van der Waals surface area contributed by atoms with Crippen molar-refractivity contribution < 1.29 is 9.59 Å². The van der Waals surface area contributed by atoms with E-state index in [9.17, 15) is 9.59 Å². The summed E-state index contributed by atoms with van der Waals surface area (Å²) in [4.78, 5) is 26.3. The Morgan fingerprint density at radius 3 is 2.77 bits per heavy atom. The molecule has 4 nitrogen and oxygen atoms in total. The number of likely N-dealkylation sites (tertiary alicyclic amines) is 1. The first-order chi connectivity index (χ1) is 10.7. The molecule has 4 rings (SSSR count). The van der Waals surface area contributed by atoms with Gasteiger partial charge in [-0.3, -0.25) is 9.59 Å². The third kappa shape index (κ3) is 2.65. The summed E-state index contributed by atoms with van der Waals surface area (Å²) in [5.74, 6) is 3.27. The highest BCUT2D eigenvalue weighted by atomic mass is 16.2. The Morgan fingerprint density at radius 2 is 2.09 bits per heavy atom. The molecule has 0 unspecified atom stereocenters. The van der Waals surface area contributed by atoms with E-state index in [1.807, 2.05) is 0 Å². The molecule has 4 aliphatic rings. The minimum Gasteiger partial charge on any atom is -0.355 e. The molecule has 2 aliphatic heterocycles. The minimum absolute atomic E-state index is 0.0262. The number of hydrogen-bond donors (Lipinski definition) is 1. The monoisotopic (exact) mass is 304 g/mol. The lowest BCUT2D eigenvalue weighted by Crippen LogP contribution is -2.46. The van der Waals surface area contributed by atoms with Crippen LogP contribution in [0.25, 0.3) is 0 Å². The van der Waals surface area contributed by atoms with Crippen LogP contribution in [-0.2, 0) is 9.59 Å². The van der Waals surface area contributed by atoms with Crippen LogP contribution >= 0.6 is 0 Å². The standard InChI is InChI=1S/C18H28N2O2/c21-17-6-5-14(11-19-17)18(22)20-7-1-2-16(20)10-15-9-12-3-4-13(15)8-12/h12-16H,1-11H2,(H,19,21)/t12-,13-,14-,15-,16+/m0/s1. The van der Waals surface area contributed by atoms with Crippen LogP contribution in [0.5, 0.6) is 0 Å². The SMILES string of the molecule is O=C1CC[C@H](C(=O)N2CCC[C@@H]2C[C@@H]2C[C@H]3CC[C@H]2C3)CN1. The van der Waals surface area contributed by atoms with Gasteiger partial charge in [0.25, 0.3) is 0 Å². The number of hydrogen-bond acceptors (Lipinski definition) is 2. The van der Waals surface area contributed by atoms with Gasteiger partial charge in [-0.2, -0.15) is 0 Å². The predicted molar refractivity (Wildman–Crippen MR) is 84.0 cm³/mol. The molecule has 5 atom stereocenters. The van der Waals surface area contributed by atoms with E-state index in [1.54, 1.807) is 0 Å². The van der Waals surface area contributed by atoms with Gasteiger partial charge in [-0.15, -0.1) is 0 Å². The molecule has 2 saturated carbocycles. The van der Waals surface area contributed by atoms with E-state index in [0.717, 1.165) is 37.1 Å². The molecule has 4 fully saturated rings. The maximum absolute atomic E-state index is 12.8. The molecule has 0 aromatic heterocycles. The Labute approximate surface area is 133 Å². The Balaban J connectivity index is 1.36. The molecule has 0 radical (unpaired) electrons. The molecule has 2 amide bonds.